The number of carbonyl (C=O) groups excluding carboxylic acids is 1. The molecule has 5 nitrogen and oxygen atoms in total. The lowest BCUT2D eigenvalue weighted by molar-refractivity contribution is -0.137. The molecule has 0 aromatic heterocycles. The van der Waals surface area contributed by atoms with Crippen LogP contribution in [-0.4, -0.2) is 53.1 Å². The van der Waals surface area contributed by atoms with Crippen LogP contribution in [0.15, 0.2) is 0 Å². The van der Waals surface area contributed by atoms with Crippen LogP contribution in [0.5, 0.6) is 0 Å². The van der Waals surface area contributed by atoms with Gasteiger partial charge in [0.05, 0.1) is 0 Å². The maximum absolute atomic E-state index is 12.5. The monoisotopic (exact) mass is 296 g/mol. The number of hydrogen-bond acceptors (Lipinski definition) is 2. The van der Waals surface area contributed by atoms with Crippen molar-refractivity contribution in [2.75, 3.05) is 26.2 Å². The van der Waals surface area contributed by atoms with Gasteiger partial charge in [0.25, 0.3) is 0 Å². The summed E-state index contributed by atoms with van der Waals surface area (Å²) in [6, 6.07) is -0.0927. The summed E-state index contributed by atoms with van der Waals surface area (Å²) in [7, 11) is 0. The molecule has 21 heavy (non-hydrogen) atoms. The second-order valence-electron chi connectivity index (χ2n) is 6.65. The van der Waals surface area contributed by atoms with E-state index >= 15 is 0 Å². The van der Waals surface area contributed by atoms with Gasteiger partial charge in [-0.1, -0.05) is 26.2 Å². The van der Waals surface area contributed by atoms with Gasteiger partial charge in [0, 0.05) is 19.6 Å². The molecule has 2 fully saturated rings. The zero-order valence-corrected chi connectivity index (χ0v) is 13.1. The Morgan fingerprint density at radius 1 is 1.10 bits per heavy atom. The number of aliphatic carboxylic acids is 1. The molecule has 1 N–H and O–H groups in total. The van der Waals surface area contributed by atoms with Gasteiger partial charge in [0.15, 0.2) is 0 Å². The van der Waals surface area contributed by atoms with Crippen molar-refractivity contribution in [3.63, 3.8) is 0 Å². The smallest absolute Gasteiger partial charge is 0.323 e. The molecule has 1 aliphatic heterocycles. The van der Waals surface area contributed by atoms with Crippen LogP contribution in [0.3, 0.4) is 0 Å². The van der Waals surface area contributed by atoms with Gasteiger partial charge in [-0.25, -0.2) is 4.79 Å². The number of nitrogens with zero attached hydrogens (tertiary/aromatic N) is 2. The molecule has 5 heteroatoms. The lowest BCUT2D eigenvalue weighted by atomic mass is 9.68. The largest absolute Gasteiger partial charge is 0.480 e. The zero-order valence-electron chi connectivity index (χ0n) is 13.1. The standard InChI is InChI=1S/C16H28N2O3/c1-2-10-18(13-14(19)20)15(21)17-11-8-16(9-12-17)6-4-3-5-7-16/h2-13H2,1H3,(H,19,20). The van der Waals surface area contributed by atoms with Gasteiger partial charge < -0.3 is 14.9 Å². The van der Waals surface area contributed by atoms with Crippen LogP contribution in [0.4, 0.5) is 4.79 Å². The maximum atomic E-state index is 12.5. The molecule has 2 rings (SSSR count). The van der Waals surface area contributed by atoms with E-state index in [1.54, 1.807) is 0 Å². The Bertz CT molecular complexity index is 368. The van der Waals surface area contributed by atoms with E-state index in [2.05, 4.69) is 0 Å². The van der Waals surface area contributed by atoms with E-state index in [1.165, 1.54) is 37.0 Å². The number of carboxylic acid groups (broad SMARTS) is 1. The summed E-state index contributed by atoms with van der Waals surface area (Å²) in [6.07, 6.45) is 9.59. The van der Waals surface area contributed by atoms with Crippen LogP contribution in [0.25, 0.3) is 0 Å². The molecule has 0 atom stereocenters. The van der Waals surface area contributed by atoms with Crippen molar-refractivity contribution < 1.29 is 14.7 Å². The molecule has 2 aliphatic rings. The third-order valence-electron chi connectivity index (χ3n) is 5.10. The Hall–Kier alpha value is -1.26. The van der Waals surface area contributed by atoms with Gasteiger partial charge in [0.2, 0.25) is 0 Å². The highest BCUT2D eigenvalue weighted by Gasteiger charge is 2.37. The highest BCUT2D eigenvalue weighted by Crippen LogP contribution is 2.44. The average Bonchev–Trinajstić information content (AvgIpc) is 2.47. The average molecular weight is 296 g/mol. The number of piperidine rings is 1. The van der Waals surface area contributed by atoms with E-state index in [0.717, 1.165) is 32.4 Å². The lowest BCUT2D eigenvalue weighted by Gasteiger charge is -2.45. The van der Waals surface area contributed by atoms with Crippen LogP contribution in [0, 0.1) is 5.41 Å². The molecule has 2 amide bonds. The normalized spacial score (nSPS) is 21.3. The first-order valence-corrected chi connectivity index (χ1v) is 8.32. The third kappa shape index (κ3) is 4.11. The predicted molar refractivity (Wildman–Crippen MR) is 81.2 cm³/mol. The van der Waals surface area contributed by atoms with Crippen molar-refractivity contribution >= 4 is 12.0 Å². The van der Waals surface area contributed by atoms with Crippen molar-refractivity contribution in [3.05, 3.63) is 0 Å². The van der Waals surface area contributed by atoms with E-state index in [0.29, 0.717) is 12.0 Å². The number of hydrogen-bond donors (Lipinski definition) is 1. The Morgan fingerprint density at radius 2 is 1.71 bits per heavy atom. The summed E-state index contributed by atoms with van der Waals surface area (Å²) < 4.78 is 0. The quantitative estimate of drug-likeness (QED) is 0.867. The van der Waals surface area contributed by atoms with E-state index in [1.807, 2.05) is 11.8 Å². The molecular formula is C16H28N2O3. The van der Waals surface area contributed by atoms with Gasteiger partial charge >= 0.3 is 12.0 Å². The van der Waals surface area contributed by atoms with Crippen LogP contribution in [-0.2, 0) is 4.79 Å². The van der Waals surface area contributed by atoms with Crippen molar-refractivity contribution in [3.8, 4) is 0 Å². The van der Waals surface area contributed by atoms with E-state index in [4.69, 9.17) is 5.11 Å². The highest BCUT2D eigenvalue weighted by molar-refractivity contribution is 5.80. The van der Waals surface area contributed by atoms with E-state index in [9.17, 15) is 9.59 Å². The van der Waals surface area contributed by atoms with Gasteiger partial charge in [-0.15, -0.1) is 0 Å². The minimum absolute atomic E-state index is 0.0927. The van der Waals surface area contributed by atoms with Crippen LogP contribution in [0.1, 0.15) is 58.3 Å². The highest BCUT2D eigenvalue weighted by atomic mass is 16.4. The topological polar surface area (TPSA) is 60.9 Å². The van der Waals surface area contributed by atoms with Crippen LogP contribution >= 0.6 is 0 Å². The number of urea groups is 1. The summed E-state index contributed by atoms with van der Waals surface area (Å²) in [5.74, 6) is -0.933. The molecule has 1 aliphatic carbocycles. The van der Waals surface area contributed by atoms with E-state index < -0.39 is 5.97 Å². The summed E-state index contributed by atoms with van der Waals surface area (Å²) in [5.41, 5.74) is 0.470. The number of likely N-dealkylation sites (tertiary alicyclic amines) is 1. The number of amides is 2. The second kappa shape index (κ2) is 7.14. The number of rotatable bonds is 4. The minimum atomic E-state index is -0.933. The lowest BCUT2D eigenvalue weighted by Crippen LogP contribution is -2.50. The summed E-state index contributed by atoms with van der Waals surface area (Å²) >= 11 is 0. The Morgan fingerprint density at radius 3 is 2.24 bits per heavy atom. The molecule has 1 saturated heterocycles. The summed E-state index contributed by atoms with van der Waals surface area (Å²) in [5, 5.41) is 8.94. The van der Waals surface area contributed by atoms with Crippen molar-refractivity contribution in [2.24, 2.45) is 5.41 Å². The fourth-order valence-electron chi connectivity index (χ4n) is 3.85. The Labute approximate surface area is 127 Å². The summed E-state index contributed by atoms with van der Waals surface area (Å²) in [6.45, 7) is 3.88. The first-order valence-electron chi connectivity index (χ1n) is 8.32. The number of carbonyl (C=O) groups is 2. The molecule has 0 aromatic carbocycles. The molecule has 0 bridgehead atoms. The second-order valence-corrected chi connectivity index (χ2v) is 6.65. The molecule has 1 spiro atoms. The van der Waals surface area contributed by atoms with Gasteiger partial charge in [0.1, 0.15) is 6.54 Å². The fourth-order valence-corrected chi connectivity index (χ4v) is 3.85. The van der Waals surface area contributed by atoms with Gasteiger partial charge in [-0.3, -0.25) is 4.79 Å². The molecule has 1 heterocycles. The summed E-state index contributed by atoms with van der Waals surface area (Å²) in [4.78, 5) is 26.7. The Kier molecular flexibility index (Phi) is 5.48. The van der Waals surface area contributed by atoms with Gasteiger partial charge in [-0.2, -0.15) is 0 Å². The van der Waals surface area contributed by atoms with Gasteiger partial charge in [-0.05, 0) is 37.5 Å². The fraction of sp³-hybridized carbons (Fsp3) is 0.875. The van der Waals surface area contributed by atoms with Crippen molar-refractivity contribution in [1.29, 1.82) is 0 Å². The van der Waals surface area contributed by atoms with E-state index in [-0.39, 0.29) is 12.6 Å². The molecule has 0 aromatic rings. The van der Waals surface area contributed by atoms with Crippen LogP contribution < -0.4 is 0 Å². The minimum Gasteiger partial charge on any atom is -0.480 e. The third-order valence-corrected chi connectivity index (χ3v) is 5.10. The first kappa shape index (κ1) is 16.1. The van der Waals surface area contributed by atoms with Crippen molar-refractivity contribution in [2.45, 2.75) is 58.3 Å². The maximum Gasteiger partial charge on any atom is 0.323 e. The van der Waals surface area contributed by atoms with Crippen LogP contribution in [0.2, 0.25) is 0 Å². The Balaban J connectivity index is 1.90. The molecule has 1 saturated carbocycles. The SMILES string of the molecule is CCCN(CC(=O)O)C(=O)N1CCC2(CCCCC2)CC1. The zero-order chi connectivity index (χ0) is 15.3. The van der Waals surface area contributed by atoms with Crippen molar-refractivity contribution in [1.82, 2.24) is 9.80 Å². The number of carboxylic acids is 1. The predicted octanol–water partition coefficient (Wildman–Crippen LogP) is 2.95. The first-order chi connectivity index (χ1) is 10.1. The molecule has 120 valence electrons. The molecular weight excluding hydrogens is 268 g/mol. The molecule has 0 radical (unpaired) electrons. The molecule has 0 unspecified atom stereocenters.